The number of Topliss-reactive ketones (excluding diaryl/α,β-unsaturated/α-hetero) is 1. The molecule has 0 aromatic carbocycles. The number of nitrogens with one attached hydrogen (secondary N) is 2. The largest absolute Gasteiger partial charge is 0.352 e. The average molecular weight is 330 g/mol. The quantitative estimate of drug-likeness (QED) is 0.725. The molecule has 0 bridgehead atoms. The summed E-state index contributed by atoms with van der Waals surface area (Å²) in [5, 5.41) is 9.58. The van der Waals surface area contributed by atoms with Gasteiger partial charge >= 0.3 is 0 Å². The summed E-state index contributed by atoms with van der Waals surface area (Å²) in [5.41, 5.74) is 2.35. The minimum absolute atomic E-state index is 0.0180. The van der Waals surface area contributed by atoms with Crippen molar-refractivity contribution < 1.29 is 9.59 Å². The Morgan fingerprint density at radius 2 is 2.12 bits per heavy atom. The lowest BCUT2D eigenvalue weighted by atomic mass is 10.1. The van der Waals surface area contributed by atoms with Gasteiger partial charge in [0.05, 0.1) is 13.1 Å². The van der Waals surface area contributed by atoms with Gasteiger partial charge in [0, 0.05) is 23.0 Å². The highest BCUT2D eigenvalue weighted by Crippen LogP contribution is 2.19. The first kappa shape index (κ1) is 16.4. The van der Waals surface area contributed by atoms with Gasteiger partial charge in [0.1, 0.15) is 6.33 Å². The summed E-state index contributed by atoms with van der Waals surface area (Å²) in [6.45, 7) is 4.21. The van der Waals surface area contributed by atoms with Crippen LogP contribution in [-0.2, 0) is 4.79 Å². The van der Waals surface area contributed by atoms with Gasteiger partial charge < -0.3 is 5.32 Å². The zero-order chi connectivity index (χ0) is 17.3. The van der Waals surface area contributed by atoms with Gasteiger partial charge in [-0.25, -0.2) is 5.10 Å². The number of aromatic amines is 1. The van der Waals surface area contributed by atoms with Crippen LogP contribution in [0, 0.1) is 13.8 Å². The molecule has 2 aromatic heterocycles. The monoisotopic (exact) mass is 330 g/mol. The summed E-state index contributed by atoms with van der Waals surface area (Å²) >= 11 is 0. The van der Waals surface area contributed by atoms with Crippen molar-refractivity contribution in [3.63, 3.8) is 0 Å². The molecule has 2 aromatic rings. The Morgan fingerprint density at radius 3 is 2.75 bits per heavy atom. The molecule has 8 heteroatoms. The van der Waals surface area contributed by atoms with Crippen LogP contribution in [0.15, 0.2) is 12.4 Å². The van der Waals surface area contributed by atoms with Crippen LogP contribution >= 0.6 is 0 Å². The topological polar surface area (TPSA) is 95.9 Å². The smallest absolute Gasteiger partial charge is 0.234 e. The van der Waals surface area contributed by atoms with E-state index in [9.17, 15) is 9.59 Å². The van der Waals surface area contributed by atoms with Crippen molar-refractivity contribution in [2.24, 2.45) is 0 Å². The number of nitrogens with zero attached hydrogens (tertiary/aromatic N) is 4. The van der Waals surface area contributed by atoms with Crippen molar-refractivity contribution in [2.75, 3.05) is 20.1 Å². The van der Waals surface area contributed by atoms with Crippen molar-refractivity contribution >= 4 is 11.7 Å². The Morgan fingerprint density at radius 1 is 1.38 bits per heavy atom. The fourth-order valence-corrected chi connectivity index (χ4v) is 2.81. The Labute approximate surface area is 140 Å². The van der Waals surface area contributed by atoms with E-state index in [1.165, 1.54) is 6.33 Å². The lowest BCUT2D eigenvalue weighted by Gasteiger charge is -2.15. The van der Waals surface area contributed by atoms with E-state index in [-0.39, 0.29) is 24.8 Å². The van der Waals surface area contributed by atoms with E-state index < -0.39 is 0 Å². The average Bonchev–Trinajstić information content (AvgIpc) is 3.04. The van der Waals surface area contributed by atoms with Gasteiger partial charge in [-0.2, -0.15) is 10.1 Å². The summed E-state index contributed by atoms with van der Waals surface area (Å²) in [6.07, 6.45) is 3.55. The summed E-state index contributed by atoms with van der Waals surface area (Å²) in [6, 6.07) is 2.18. The SMILES string of the molecule is Cc1cc(C(=O)CN(C)CC(=O)NC2CC2)c(C)n1-c1ncn[nH]1. The molecule has 2 N–H and O–H groups in total. The van der Waals surface area contributed by atoms with Crippen LogP contribution in [0.4, 0.5) is 0 Å². The van der Waals surface area contributed by atoms with Crippen molar-refractivity contribution in [3.05, 3.63) is 29.3 Å². The highest BCUT2D eigenvalue weighted by Gasteiger charge is 2.24. The first-order valence-electron chi connectivity index (χ1n) is 8.01. The Bertz CT molecular complexity index is 745. The van der Waals surface area contributed by atoms with Crippen LogP contribution in [0.25, 0.3) is 5.95 Å². The van der Waals surface area contributed by atoms with Gasteiger partial charge in [-0.15, -0.1) is 0 Å². The second kappa shape index (κ2) is 6.56. The minimum Gasteiger partial charge on any atom is -0.352 e. The molecule has 0 radical (unpaired) electrons. The first-order chi connectivity index (χ1) is 11.5. The molecule has 0 aliphatic heterocycles. The molecule has 128 valence electrons. The summed E-state index contributed by atoms with van der Waals surface area (Å²) in [5.74, 6) is 0.539. The highest BCUT2D eigenvalue weighted by atomic mass is 16.2. The fourth-order valence-electron chi connectivity index (χ4n) is 2.81. The molecule has 3 rings (SSSR count). The first-order valence-corrected chi connectivity index (χ1v) is 8.01. The standard InChI is InChI=1S/C16H22N6O2/c1-10-6-13(11(2)22(10)16-17-9-18-20-16)14(23)7-21(3)8-15(24)19-12-4-5-12/h6,9,12H,4-5,7-8H2,1-3H3,(H,19,24)(H,17,18,20). The zero-order valence-corrected chi connectivity index (χ0v) is 14.2. The summed E-state index contributed by atoms with van der Waals surface area (Å²) < 4.78 is 1.86. The summed E-state index contributed by atoms with van der Waals surface area (Å²) in [4.78, 5) is 30.3. The Balaban J connectivity index is 1.66. The van der Waals surface area contributed by atoms with E-state index in [0.29, 0.717) is 17.6 Å². The summed E-state index contributed by atoms with van der Waals surface area (Å²) in [7, 11) is 1.78. The van der Waals surface area contributed by atoms with Gasteiger partial charge in [-0.3, -0.25) is 19.1 Å². The molecule has 2 heterocycles. The van der Waals surface area contributed by atoms with E-state index >= 15 is 0 Å². The number of hydrogen-bond donors (Lipinski definition) is 2. The van der Waals surface area contributed by atoms with Crippen LogP contribution in [0.1, 0.15) is 34.6 Å². The van der Waals surface area contributed by atoms with E-state index in [0.717, 1.165) is 24.2 Å². The normalized spacial score (nSPS) is 14.2. The van der Waals surface area contributed by atoms with Crippen molar-refractivity contribution in [1.29, 1.82) is 0 Å². The Hall–Kier alpha value is -2.48. The lowest BCUT2D eigenvalue weighted by Crippen LogP contribution is -2.38. The number of carbonyl (C=O) groups is 2. The van der Waals surface area contributed by atoms with Crippen molar-refractivity contribution in [3.8, 4) is 5.95 Å². The zero-order valence-electron chi connectivity index (χ0n) is 14.2. The third kappa shape index (κ3) is 3.53. The van der Waals surface area contributed by atoms with E-state index in [1.807, 2.05) is 24.5 Å². The van der Waals surface area contributed by atoms with Gasteiger partial charge in [0.2, 0.25) is 11.9 Å². The molecule has 1 fully saturated rings. The third-order valence-electron chi connectivity index (χ3n) is 4.12. The third-order valence-corrected chi connectivity index (χ3v) is 4.12. The molecular formula is C16H22N6O2. The van der Waals surface area contributed by atoms with Crippen LogP contribution in [0.5, 0.6) is 0 Å². The second-order valence-electron chi connectivity index (χ2n) is 6.37. The molecule has 0 saturated heterocycles. The van der Waals surface area contributed by atoms with Gasteiger partial charge in [-0.1, -0.05) is 0 Å². The predicted molar refractivity (Wildman–Crippen MR) is 88.2 cm³/mol. The fraction of sp³-hybridized carbons (Fsp3) is 0.500. The van der Waals surface area contributed by atoms with Crippen LogP contribution in [0.3, 0.4) is 0 Å². The number of aromatic nitrogens is 4. The number of hydrogen-bond acceptors (Lipinski definition) is 5. The van der Waals surface area contributed by atoms with Crippen LogP contribution in [-0.4, -0.2) is 62.5 Å². The number of aryl methyl sites for hydroxylation is 1. The molecule has 24 heavy (non-hydrogen) atoms. The molecule has 8 nitrogen and oxygen atoms in total. The molecule has 1 aliphatic rings. The Kier molecular flexibility index (Phi) is 4.48. The van der Waals surface area contributed by atoms with Crippen LogP contribution < -0.4 is 5.32 Å². The molecular weight excluding hydrogens is 308 g/mol. The van der Waals surface area contributed by atoms with Gasteiger partial charge in [0.15, 0.2) is 5.78 Å². The molecule has 1 aliphatic carbocycles. The minimum atomic E-state index is -0.0278. The maximum atomic E-state index is 12.6. The molecule has 0 spiro atoms. The molecule has 0 unspecified atom stereocenters. The van der Waals surface area contributed by atoms with E-state index in [4.69, 9.17) is 0 Å². The molecule has 0 atom stereocenters. The molecule has 1 saturated carbocycles. The molecule has 1 amide bonds. The van der Waals surface area contributed by atoms with Gasteiger partial charge in [0.25, 0.3) is 0 Å². The maximum absolute atomic E-state index is 12.6. The van der Waals surface area contributed by atoms with Crippen LogP contribution in [0.2, 0.25) is 0 Å². The van der Waals surface area contributed by atoms with Crippen molar-refractivity contribution in [1.82, 2.24) is 30.0 Å². The number of H-pyrrole nitrogens is 1. The second-order valence-corrected chi connectivity index (χ2v) is 6.37. The number of likely N-dealkylation sites (N-methyl/N-ethyl adjacent to an activating group) is 1. The highest BCUT2D eigenvalue weighted by molar-refractivity contribution is 5.99. The number of amides is 1. The van der Waals surface area contributed by atoms with Crippen molar-refractivity contribution in [2.45, 2.75) is 32.7 Å². The number of ketones is 1. The van der Waals surface area contributed by atoms with E-state index in [2.05, 4.69) is 20.5 Å². The maximum Gasteiger partial charge on any atom is 0.234 e. The van der Waals surface area contributed by atoms with E-state index in [1.54, 1.807) is 11.9 Å². The number of rotatable bonds is 7. The lowest BCUT2D eigenvalue weighted by molar-refractivity contribution is -0.121. The number of carbonyl (C=O) groups excluding carboxylic acids is 2. The predicted octanol–water partition coefficient (Wildman–Crippen LogP) is 0.605. The van der Waals surface area contributed by atoms with Gasteiger partial charge in [-0.05, 0) is 39.8 Å².